The first-order chi connectivity index (χ1) is 4.77. The van der Waals surface area contributed by atoms with Gasteiger partial charge >= 0.3 is 0 Å². The predicted octanol–water partition coefficient (Wildman–Crippen LogP) is 0.768. The molecule has 0 aliphatic rings. The lowest BCUT2D eigenvalue weighted by atomic mass is 9.82. The monoisotopic (exact) mass is 152 g/mol. The third kappa shape index (κ3) is 6.00. The standard InChI is InChI=1S/C9H17BO/c1-8(2,5-6-10)7-9(3,4)11/h11H,7,10H2,1-4H3. The highest BCUT2D eigenvalue weighted by Crippen LogP contribution is 2.26. The van der Waals surface area contributed by atoms with Crippen LogP contribution in [-0.2, 0) is 0 Å². The summed E-state index contributed by atoms with van der Waals surface area (Å²) in [5, 5.41) is 9.51. The van der Waals surface area contributed by atoms with E-state index in [1.165, 1.54) is 0 Å². The Bertz CT molecular complexity index is 178. The molecule has 1 nitrogen and oxygen atoms in total. The maximum atomic E-state index is 9.51. The largest absolute Gasteiger partial charge is 0.390 e. The van der Waals surface area contributed by atoms with Crippen molar-refractivity contribution in [2.45, 2.75) is 39.7 Å². The molecule has 0 saturated heterocycles. The summed E-state index contributed by atoms with van der Waals surface area (Å²) in [7, 11) is 1.83. The quantitative estimate of drug-likeness (QED) is 0.457. The van der Waals surface area contributed by atoms with Crippen molar-refractivity contribution in [3.05, 3.63) is 0 Å². The van der Waals surface area contributed by atoms with Crippen molar-refractivity contribution in [3.63, 3.8) is 0 Å². The van der Waals surface area contributed by atoms with E-state index in [0.717, 1.165) is 0 Å². The second kappa shape index (κ2) is 3.32. The molecule has 0 fully saturated rings. The third-order valence-corrected chi connectivity index (χ3v) is 1.34. The molecule has 62 valence electrons. The van der Waals surface area contributed by atoms with Crippen LogP contribution in [0, 0.1) is 17.2 Å². The SMILES string of the molecule is BC#CC(C)(C)CC(C)(C)O. The fourth-order valence-electron chi connectivity index (χ4n) is 1.46. The summed E-state index contributed by atoms with van der Waals surface area (Å²) in [6.45, 7) is 7.71. The van der Waals surface area contributed by atoms with Gasteiger partial charge in [0.1, 0.15) is 0 Å². The second-order valence-electron chi connectivity index (χ2n) is 4.25. The predicted molar refractivity (Wildman–Crippen MR) is 51.0 cm³/mol. The molecule has 0 radical (unpaired) electrons. The zero-order valence-electron chi connectivity index (χ0n) is 8.15. The lowest BCUT2D eigenvalue weighted by Gasteiger charge is -2.26. The Hall–Kier alpha value is -0.415. The van der Waals surface area contributed by atoms with Gasteiger partial charge in [-0.25, -0.2) is 0 Å². The Kier molecular flexibility index (Phi) is 3.20. The number of aliphatic hydroxyl groups is 1. The van der Waals surface area contributed by atoms with Crippen molar-refractivity contribution in [2.24, 2.45) is 5.41 Å². The fraction of sp³-hybridized carbons (Fsp3) is 0.778. The van der Waals surface area contributed by atoms with E-state index >= 15 is 0 Å². The van der Waals surface area contributed by atoms with E-state index in [4.69, 9.17) is 0 Å². The highest BCUT2D eigenvalue weighted by molar-refractivity contribution is 6.22. The maximum absolute atomic E-state index is 9.51. The summed E-state index contributed by atoms with van der Waals surface area (Å²) in [4.78, 5) is 0. The van der Waals surface area contributed by atoms with Crippen LogP contribution in [0.5, 0.6) is 0 Å². The van der Waals surface area contributed by atoms with Gasteiger partial charge in [-0.05, 0) is 34.1 Å². The average Bonchev–Trinajstić information content (AvgIpc) is 1.55. The Morgan fingerprint density at radius 3 is 2.00 bits per heavy atom. The van der Waals surface area contributed by atoms with Crippen LogP contribution in [0.2, 0.25) is 0 Å². The lowest BCUT2D eigenvalue weighted by molar-refractivity contribution is 0.0459. The van der Waals surface area contributed by atoms with Crippen LogP contribution in [-0.4, -0.2) is 18.6 Å². The Balaban J connectivity index is 4.21. The van der Waals surface area contributed by atoms with Gasteiger partial charge in [-0.2, -0.15) is 5.82 Å². The van der Waals surface area contributed by atoms with E-state index < -0.39 is 5.60 Å². The smallest absolute Gasteiger partial charge is 0.195 e. The van der Waals surface area contributed by atoms with Crippen LogP contribution in [0.1, 0.15) is 34.1 Å². The van der Waals surface area contributed by atoms with Gasteiger partial charge in [-0.3, -0.25) is 0 Å². The van der Waals surface area contributed by atoms with Gasteiger partial charge in [0.25, 0.3) is 0 Å². The van der Waals surface area contributed by atoms with E-state index in [2.05, 4.69) is 11.7 Å². The molecule has 0 saturated carbocycles. The first-order valence-corrected chi connectivity index (χ1v) is 3.93. The van der Waals surface area contributed by atoms with Crippen LogP contribution in [0.3, 0.4) is 0 Å². The summed E-state index contributed by atoms with van der Waals surface area (Å²) in [5.41, 5.74) is -0.694. The number of hydrogen-bond acceptors (Lipinski definition) is 1. The summed E-state index contributed by atoms with van der Waals surface area (Å²) >= 11 is 0. The van der Waals surface area contributed by atoms with E-state index in [-0.39, 0.29) is 5.41 Å². The van der Waals surface area contributed by atoms with Crippen molar-refractivity contribution in [1.82, 2.24) is 0 Å². The summed E-state index contributed by atoms with van der Waals surface area (Å²) in [5.74, 6) is 5.94. The molecule has 0 aromatic rings. The second-order valence-corrected chi connectivity index (χ2v) is 4.25. The Morgan fingerprint density at radius 2 is 1.73 bits per heavy atom. The molecule has 0 atom stereocenters. The van der Waals surface area contributed by atoms with E-state index in [9.17, 15) is 5.11 Å². The van der Waals surface area contributed by atoms with Gasteiger partial charge in [0.2, 0.25) is 0 Å². The third-order valence-electron chi connectivity index (χ3n) is 1.34. The molecular weight excluding hydrogens is 135 g/mol. The summed E-state index contributed by atoms with van der Waals surface area (Å²) < 4.78 is 0. The van der Waals surface area contributed by atoms with Gasteiger partial charge in [-0.1, -0.05) is 0 Å². The van der Waals surface area contributed by atoms with Crippen molar-refractivity contribution in [1.29, 1.82) is 0 Å². The minimum atomic E-state index is -0.618. The van der Waals surface area contributed by atoms with Crippen LogP contribution < -0.4 is 0 Å². The zero-order valence-corrected chi connectivity index (χ0v) is 8.15. The van der Waals surface area contributed by atoms with Crippen LogP contribution in [0.15, 0.2) is 0 Å². The lowest BCUT2D eigenvalue weighted by Crippen LogP contribution is -2.27. The highest BCUT2D eigenvalue weighted by atomic mass is 16.3. The van der Waals surface area contributed by atoms with Crippen molar-refractivity contribution < 1.29 is 5.11 Å². The molecule has 0 aromatic carbocycles. The van der Waals surface area contributed by atoms with Crippen molar-refractivity contribution >= 4 is 7.85 Å². The van der Waals surface area contributed by atoms with Crippen LogP contribution in [0.25, 0.3) is 0 Å². The first-order valence-electron chi connectivity index (χ1n) is 3.93. The topological polar surface area (TPSA) is 20.2 Å². The summed E-state index contributed by atoms with van der Waals surface area (Å²) in [6, 6.07) is 0. The van der Waals surface area contributed by atoms with E-state index in [1.54, 1.807) is 0 Å². The molecule has 0 heterocycles. The van der Waals surface area contributed by atoms with E-state index in [1.807, 2.05) is 35.5 Å². The Morgan fingerprint density at radius 1 is 1.27 bits per heavy atom. The molecule has 11 heavy (non-hydrogen) atoms. The molecule has 0 aliphatic carbocycles. The molecule has 2 heteroatoms. The highest BCUT2D eigenvalue weighted by Gasteiger charge is 2.24. The maximum Gasteiger partial charge on any atom is 0.195 e. The normalized spacial score (nSPS) is 12.1. The molecule has 0 spiro atoms. The number of rotatable bonds is 2. The van der Waals surface area contributed by atoms with Gasteiger partial charge in [0.05, 0.1) is 5.60 Å². The van der Waals surface area contributed by atoms with Crippen molar-refractivity contribution in [3.8, 4) is 11.7 Å². The minimum Gasteiger partial charge on any atom is -0.390 e. The average molecular weight is 152 g/mol. The Labute approximate surface area is 70.6 Å². The summed E-state index contributed by atoms with van der Waals surface area (Å²) in [6.07, 6.45) is 0.709. The molecule has 0 aromatic heterocycles. The first kappa shape index (κ1) is 10.6. The van der Waals surface area contributed by atoms with Gasteiger partial charge in [-0.15, -0.1) is 5.92 Å². The van der Waals surface area contributed by atoms with E-state index in [0.29, 0.717) is 6.42 Å². The van der Waals surface area contributed by atoms with Gasteiger partial charge in [0.15, 0.2) is 7.85 Å². The number of hydrogen-bond donors (Lipinski definition) is 1. The van der Waals surface area contributed by atoms with Crippen LogP contribution >= 0.6 is 0 Å². The van der Waals surface area contributed by atoms with Crippen LogP contribution in [0.4, 0.5) is 0 Å². The zero-order chi connectivity index (χ0) is 9.12. The molecule has 0 rings (SSSR count). The molecule has 0 aliphatic heterocycles. The molecular formula is C9H17BO. The molecule has 0 unspecified atom stereocenters. The van der Waals surface area contributed by atoms with Crippen molar-refractivity contribution in [2.75, 3.05) is 0 Å². The minimum absolute atomic E-state index is 0.0764. The molecule has 1 N–H and O–H groups in total. The van der Waals surface area contributed by atoms with Gasteiger partial charge in [0, 0.05) is 5.41 Å². The fourth-order valence-corrected chi connectivity index (χ4v) is 1.46. The van der Waals surface area contributed by atoms with Gasteiger partial charge < -0.3 is 5.11 Å². The molecule has 0 bridgehead atoms. The molecule has 0 amide bonds.